The van der Waals surface area contributed by atoms with Crippen LogP contribution in [0.15, 0.2) is 21.7 Å². The molecule has 0 spiro atoms. The van der Waals surface area contributed by atoms with Gasteiger partial charge in [0.1, 0.15) is 4.21 Å². The van der Waals surface area contributed by atoms with Crippen molar-refractivity contribution in [2.24, 2.45) is 0 Å². The van der Waals surface area contributed by atoms with E-state index in [1.807, 2.05) is 0 Å². The third-order valence-electron chi connectivity index (χ3n) is 1.10. The van der Waals surface area contributed by atoms with Crippen molar-refractivity contribution in [2.75, 3.05) is 6.54 Å². The number of hydrogen-bond acceptors (Lipinski definition) is 4. The van der Waals surface area contributed by atoms with Gasteiger partial charge in [0, 0.05) is 0 Å². The van der Waals surface area contributed by atoms with Crippen LogP contribution < -0.4 is 4.72 Å². The molecular weight excluding hydrogens is 196 g/mol. The van der Waals surface area contributed by atoms with Crippen molar-refractivity contribution in [3.05, 3.63) is 17.5 Å². The minimum atomic E-state index is -3.43. The molecule has 0 saturated heterocycles. The summed E-state index contributed by atoms with van der Waals surface area (Å²) in [4.78, 5) is 0. The third kappa shape index (κ3) is 2.04. The summed E-state index contributed by atoms with van der Waals surface area (Å²) in [7, 11) is -3.43. The molecule has 1 heterocycles. The second-order valence-electron chi connectivity index (χ2n) is 1.91. The maximum Gasteiger partial charge on any atom is 0.250 e. The van der Waals surface area contributed by atoms with Gasteiger partial charge in [0.25, 0.3) is 10.0 Å². The standard InChI is InChI=1S/C6H6N2O2S2/c7-3-4-8-12(9,10)6-2-1-5-11-6/h1-2,5,8H,4H2. The zero-order chi connectivity index (χ0) is 9.03. The highest BCUT2D eigenvalue weighted by Gasteiger charge is 2.13. The Balaban J connectivity index is 2.83. The Labute approximate surface area is 74.5 Å². The van der Waals surface area contributed by atoms with Crippen LogP contribution in [0.5, 0.6) is 0 Å². The van der Waals surface area contributed by atoms with Crippen molar-refractivity contribution < 1.29 is 8.42 Å². The first-order valence-electron chi connectivity index (χ1n) is 3.07. The van der Waals surface area contributed by atoms with Crippen LogP contribution in [0.3, 0.4) is 0 Å². The van der Waals surface area contributed by atoms with Gasteiger partial charge in [-0.1, -0.05) is 6.07 Å². The highest BCUT2D eigenvalue weighted by molar-refractivity contribution is 7.91. The summed E-state index contributed by atoms with van der Waals surface area (Å²) in [6, 6.07) is 4.84. The monoisotopic (exact) mass is 202 g/mol. The lowest BCUT2D eigenvalue weighted by molar-refractivity contribution is 0.588. The predicted molar refractivity (Wildman–Crippen MR) is 45.1 cm³/mol. The maximum atomic E-state index is 11.2. The molecule has 12 heavy (non-hydrogen) atoms. The molecule has 0 unspecified atom stereocenters. The van der Waals surface area contributed by atoms with Gasteiger partial charge in [-0.15, -0.1) is 11.3 Å². The Hall–Kier alpha value is -0.900. The average Bonchev–Trinajstić information content (AvgIpc) is 2.53. The second kappa shape index (κ2) is 3.67. The van der Waals surface area contributed by atoms with E-state index < -0.39 is 10.0 Å². The molecule has 0 fully saturated rings. The fraction of sp³-hybridized carbons (Fsp3) is 0.167. The molecule has 6 heteroatoms. The zero-order valence-corrected chi connectivity index (χ0v) is 7.65. The SMILES string of the molecule is N#CCNS(=O)(=O)c1cccs1. The van der Waals surface area contributed by atoms with Crippen LogP contribution in [-0.2, 0) is 10.0 Å². The number of thiophene rings is 1. The lowest BCUT2D eigenvalue weighted by Gasteiger charge is -1.97. The van der Waals surface area contributed by atoms with Gasteiger partial charge < -0.3 is 0 Å². The van der Waals surface area contributed by atoms with E-state index in [-0.39, 0.29) is 10.8 Å². The number of sulfonamides is 1. The molecule has 1 rings (SSSR count). The Kier molecular flexibility index (Phi) is 2.81. The number of nitrogens with one attached hydrogen (secondary N) is 1. The first kappa shape index (κ1) is 9.19. The lowest BCUT2D eigenvalue weighted by Crippen LogP contribution is -2.22. The Morgan fingerprint density at radius 1 is 1.67 bits per heavy atom. The van der Waals surface area contributed by atoms with Crippen LogP contribution >= 0.6 is 11.3 Å². The van der Waals surface area contributed by atoms with Crippen LogP contribution in [0.4, 0.5) is 0 Å². The number of rotatable bonds is 3. The van der Waals surface area contributed by atoms with Crippen LogP contribution in [-0.4, -0.2) is 15.0 Å². The molecule has 0 aliphatic heterocycles. The van der Waals surface area contributed by atoms with Gasteiger partial charge in [-0.2, -0.15) is 9.98 Å². The molecule has 0 atom stereocenters. The van der Waals surface area contributed by atoms with E-state index in [0.29, 0.717) is 0 Å². The summed E-state index contributed by atoms with van der Waals surface area (Å²) in [5.74, 6) is 0. The fourth-order valence-electron chi connectivity index (χ4n) is 0.615. The van der Waals surface area contributed by atoms with Gasteiger partial charge in [0.15, 0.2) is 0 Å². The summed E-state index contributed by atoms with van der Waals surface area (Å²) >= 11 is 1.12. The topological polar surface area (TPSA) is 70.0 Å². The van der Waals surface area contributed by atoms with Gasteiger partial charge >= 0.3 is 0 Å². The van der Waals surface area contributed by atoms with Crippen LogP contribution in [0, 0.1) is 11.3 Å². The van der Waals surface area contributed by atoms with Gasteiger partial charge in [-0.3, -0.25) is 0 Å². The van der Waals surface area contributed by atoms with Gasteiger partial charge in [-0.05, 0) is 11.4 Å². The van der Waals surface area contributed by atoms with Crippen molar-refractivity contribution >= 4 is 21.4 Å². The molecule has 1 N–H and O–H groups in total. The molecule has 0 aliphatic rings. The van der Waals surface area contributed by atoms with Gasteiger partial charge in [0.05, 0.1) is 12.6 Å². The summed E-state index contributed by atoms with van der Waals surface area (Å²) in [6.45, 7) is -0.194. The Morgan fingerprint density at radius 2 is 2.42 bits per heavy atom. The summed E-state index contributed by atoms with van der Waals surface area (Å²) in [5, 5.41) is 9.82. The largest absolute Gasteiger partial charge is 0.250 e. The molecule has 0 amide bonds. The average molecular weight is 202 g/mol. The molecule has 1 aromatic rings. The minimum Gasteiger partial charge on any atom is -0.206 e. The maximum absolute atomic E-state index is 11.2. The Morgan fingerprint density at radius 3 is 2.92 bits per heavy atom. The summed E-state index contributed by atoms with van der Waals surface area (Å²) in [6.07, 6.45) is 0. The first-order valence-corrected chi connectivity index (χ1v) is 5.43. The number of nitrogens with zero attached hydrogens (tertiary/aromatic N) is 1. The smallest absolute Gasteiger partial charge is 0.206 e. The van der Waals surface area contributed by atoms with Crippen LogP contribution in [0.2, 0.25) is 0 Å². The highest BCUT2D eigenvalue weighted by Crippen LogP contribution is 2.14. The Bertz CT molecular complexity index is 374. The van der Waals surface area contributed by atoms with E-state index >= 15 is 0 Å². The van der Waals surface area contributed by atoms with E-state index in [1.165, 1.54) is 6.07 Å². The molecule has 64 valence electrons. The van der Waals surface area contributed by atoms with E-state index in [0.717, 1.165) is 11.3 Å². The molecule has 0 bridgehead atoms. The number of hydrogen-bond donors (Lipinski definition) is 1. The highest BCUT2D eigenvalue weighted by atomic mass is 32.2. The quantitative estimate of drug-likeness (QED) is 0.728. The van der Waals surface area contributed by atoms with Crippen molar-refractivity contribution in [1.29, 1.82) is 5.26 Å². The van der Waals surface area contributed by atoms with E-state index in [1.54, 1.807) is 17.5 Å². The zero-order valence-electron chi connectivity index (χ0n) is 6.02. The van der Waals surface area contributed by atoms with E-state index in [2.05, 4.69) is 4.72 Å². The van der Waals surface area contributed by atoms with Crippen molar-refractivity contribution in [2.45, 2.75) is 4.21 Å². The molecule has 0 radical (unpaired) electrons. The van der Waals surface area contributed by atoms with Gasteiger partial charge in [0.2, 0.25) is 0 Å². The van der Waals surface area contributed by atoms with Gasteiger partial charge in [-0.25, -0.2) is 8.42 Å². The molecule has 0 aromatic carbocycles. The minimum absolute atomic E-state index is 0.194. The number of nitriles is 1. The predicted octanol–water partition coefficient (Wildman–Crippen LogP) is 0.550. The first-order chi connectivity index (χ1) is 5.67. The van der Waals surface area contributed by atoms with Crippen molar-refractivity contribution in [3.8, 4) is 6.07 Å². The fourth-order valence-corrected chi connectivity index (χ4v) is 2.57. The molecular formula is C6H6N2O2S2. The molecule has 0 aliphatic carbocycles. The third-order valence-corrected chi connectivity index (χ3v) is 3.90. The summed E-state index contributed by atoms with van der Waals surface area (Å²) in [5.41, 5.74) is 0. The molecule has 4 nitrogen and oxygen atoms in total. The second-order valence-corrected chi connectivity index (χ2v) is 4.86. The van der Waals surface area contributed by atoms with Crippen LogP contribution in [0.25, 0.3) is 0 Å². The van der Waals surface area contributed by atoms with Crippen molar-refractivity contribution in [1.82, 2.24) is 4.72 Å². The molecule has 0 saturated carbocycles. The molecule has 1 aromatic heterocycles. The lowest BCUT2D eigenvalue weighted by atomic mass is 10.7. The normalized spacial score (nSPS) is 10.9. The van der Waals surface area contributed by atoms with Crippen LogP contribution in [0.1, 0.15) is 0 Å². The van der Waals surface area contributed by atoms with E-state index in [9.17, 15) is 8.42 Å². The van der Waals surface area contributed by atoms with Crippen molar-refractivity contribution in [3.63, 3.8) is 0 Å². The van der Waals surface area contributed by atoms with E-state index in [4.69, 9.17) is 5.26 Å². The summed E-state index contributed by atoms with van der Waals surface area (Å²) < 4.78 is 24.8.